The first-order chi connectivity index (χ1) is 9.20. The second kappa shape index (κ2) is 6.57. The molecule has 1 atom stereocenters. The third-order valence-corrected chi connectivity index (χ3v) is 3.43. The van der Waals surface area contributed by atoms with E-state index in [2.05, 4.69) is 10.6 Å². The van der Waals surface area contributed by atoms with Crippen LogP contribution in [0.25, 0.3) is 0 Å². The molecule has 1 aromatic rings. The predicted molar refractivity (Wildman–Crippen MR) is 76.6 cm³/mol. The SMILES string of the molecule is CCNC(=O)c1ccc(NCC2CCOC2)c(C)c1. The molecule has 1 saturated heterocycles. The largest absolute Gasteiger partial charge is 0.384 e. The second-order valence-corrected chi connectivity index (χ2v) is 5.00. The van der Waals surface area contributed by atoms with E-state index in [-0.39, 0.29) is 5.91 Å². The van der Waals surface area contributed by atoms with Crippen LogP contribution >= 0.6 is 0 Å². The maximum atomic E-state index is 11.7. The van der Waals surface area contributed by atoms with Gasteiger partial charge in [-0.1, -0.05) is 0 Å². The molecule has 1 amide bonds. The molecule has 1 fully saturated rings. The van der Waals surface area contributed by atoms with Crippen LogP contribution in [0.1, 0.15) is 29.3 Å². The Bertz CT molecular complexity index is 440. The number of rotatable bonds is 5. The van der Waals surface area contributed by atoms with Gasteiger partial charge in [0.1, 0.15) is 0 Å². The summed E-state index contributed by atoms with van der Waals surface area (Å²) in [6, 6.07) is 5.78. The molecule has 1 aromatic carbocycles. The fraction of sp³-hybridized carbons (Fsp3) is 0.533. The topological polar surface area (TPSA) is 50.4 Å². The minimum absolute atomic E-state index is 0.0126. The van der Waals surface area contributed by atoms with Crippen molar-refractivity contribution in [3.8, 4) is 0 Å². The number of nitrogens with one attached hydrogen (secondary N) is 2. The fourth-order valence-electron chi connectivity index (χ4n) is 2.26. The van der Waals surface area contributed by atoms with E-state index in [1.165, 1.54) is 0 Å². The van der Waals surface area contributed by atoms with Crippen LogP contribution in [0.4, 0.5) is 5.69 Å². The van der Waals surface area contributed by atoms with E-state index < -0.39 is 0 Å². The lowest BCUT2D eigenvalue weighted by molar-refractivity contribution is 0.0956. The Morgan fingerprint density at radius 3 is 2.95 bits per heavy atom. The Morgan fingerprint density at radius 1 is 1.47 bits per heavy atom. The third-order valence-electron chi connectivity index (χ3n) is 3.43. The van der Waals surface area contributed by atoms with Crippen LogP contribution in [0.5, 0.6) is 0 Å². The first-order valence-corrected chi connectivity index (χ1v) is 6.91. The molecule has 0 radical (unpaired) electrons. The van der Waals surface area contributed by atoms with Crippen molar-refractivity contribution in [3.05, 3.63) is 29.3 Å². The highest BCUT2D eigenvalue weighted by atomic mass is 16.5. The number of ether oxygens (including phenoxy) is 1. The van der Waals surface area contributed by atoms with Gasteiger partial charge in [0, 0.05) is 36.9 Å². The van der Waals surface area contributed by atoms with Gasteiger partial charge in [-0.3, -0.25) is 4.79 Å². The highest BCUT2D eigenvalue weighted by Gasteiger charge is 2.15. The summed E-state index contributed by atoms with van der Waals surface area (Å²) >= 11 is 0. The van der Waals surface area contributed by atoms with Crippen LogP contribution in [0.15, 0.2) is 18.2 Å². The highest BCUT2D eigenvalue weighted by molar-refractivity contribution is 5.94. The number of anilines is 1. The highest BCUT2D eigenvalue weighted by Crippen LogP contribution is 2.19. The molecule has 1 aliphatic rings. The molecule has 1 heterocycles. The number of hydrogen-bond acceptors (Lipinski definition) is 3. The number of aryl methyl sites for hydroxylation is 1. The van der Waals surface area contributed by atoms with Crippen LogP contribution in [-0.2, 0) is 4.74 Å². The molecule has 1 unspecified atom stereocenters. The smallest absolute Gasteiger partial charge is 0.251 e. The minimum atomic E-state index is -0.0126. The van der Waals surface area contributed by atoms with E-state index in [1.54, 1.807) is 0 Å². The minimum Gasteiger partial charge on any atom is -0.384 e. The van der Waals surface area contributed by atoms with Gasteiger partial charge in [-0.05, 0) is 44.0 Å². The Labute approximate surface area is 114 Å². The second-order valence-electron chi connectivity index (χ2n) is 5.00. The van der Waals surface area contributed by atoms with Gasteiger partial charge >= 0.3 is 0 Å². The number of benzene rings is 1. The van der Waals surface area contributed by atoms with Gasteiger partial charge in [-0.15, -0.1) is 0 Å². The van der Waals surface area contributed by atoms with Crippen LogP contribution < -0.4 is 10.6 Å². The lowest BCUT2D eigenvalue weighted by Crippen LogP contribution is -2.22. The standard InChI is InChI=1S/C15H22N2O2/c1-3-16-15(18)13-4-5-14(11(2)8-13)17-9-12-6-7-19-10-12/h4-5,8,12,17H,3,6-7,9-10H2,1-2H3,(H,16,18). The van der Waals surface area contributed by atoms with E-state index in [1.807, 2.05) is 32.0 Å². The molecule has 4 heteroatoms. The Kier molecular flexibility index (Phi) is 4.80. The lowest BCUT2D eigenvalue weighted by Gasteiger charge is -2.14. The van der Waals surface area contributed by atoms with Crippen LogP contribution in [0, 0.1) is 12.8 Å². The summed E-state index contributed by atoms with van der Waals surface area (Å²) < 4.78 is 5.36. The molecule has 4 nitrogen and oxygen atoms in total. The number of carbonyl (C=O) groups excluding carboxylic acids is 1. The maximum absolute atomic E-state index is 11.7. The summed E-state index contributed by atoms with van der Waals surface area (Å²) in [7, 11) is 0. The van der Waals surface area contributed by atoms with E-state index in [9.17, 15) is 4.79 Å². The van der Waals surface area contributed by atoms with Gasteiger partial charge in [-0.25, -0.2) is 0 Å². The molecule has 2 N–H and O–H groups in total. The molecule has 19 heavy (non-hydrogen) atoms. The van der Waals surface area contributed by atoms with Crippen molar-refractivity contribution in [1.29, 1.82) is 0 Å². The van der Waals surface area contributed by atoms with Gasteiger partial charge in [0.25, 0.3) is 5.91 Å². The molecule has 0 saturated carbocycles. The monoisotopic (exact) mass is 262 g/mol. The average molecular weight is 262 g/mol. The predicted octanol–water partition coefficient (Wildman–Crippen LogP) is 2.19. The quantitative estimate of drug-likeness (QED) is 0.855. The zero-order valence-corrected chi connectivity index (χ0v) is 11.7. The van der Waals surface area contributed by atoms with E-state index in [4.69, 9.17) is 4.74 Å². The Hall–Kier alpha value is -1.55. The van der Waals surface area contributed by atoms with Crippen molar-refractivity contribution >= 4 is 11.6 Å². The molecular formula is C15H22N2O2. The summed E-state index contributed by atoms with van der Waals surface area (Å²) in [5.74, 6) is 0.587. The molecule has 0 aliphatic carbocycles. The molecule has 0 aromatic heterocycles. The van der Waals surface area contributed by atoms with E-state index in [0.717, 1.165) is 37.4 Å². The van der Waals surface area contributed by atoms with Crippen molar-refractivity contribution in [2.75, 3.05) is 31.6 Å². The van der Waals surface area contributed by atoms with Gasteiger partial charge in [0.2, 0.25) is 0 Å². The van der Waals surface area contributed by atoms with Gasteiger partial charge < -0.3 is 15.4 Å². The van der Waals surface area contributed by atoms with Crippen molar-refractivity contribution in [2.45, 2.75) is 20.3 Å². The lowest BCUT2D eigenvalue weighted by atomic mass is 10.1. The summed E-state index contributed by atoms with van der Waals surface area (Å²) in [4.78, 5) is 11.7. The molecule has 2 rings (SSSR count). The molecule has 1 aliphatic heterocycles. The van der Waals surface area contributed by atoms with Crippen LogP contribution in [0.3, 0.4) is 0 Å². The number of carbonyl (C=O) groups is 1. The van der Waals surface area contributed by atoms with Crippen LogP contribution in [0.2, 0.25) is 0 Å². The van der Waals surface area contributed by atoms with Crippen molar-refractivity contribution in [1.82, 2.24) is 5.32 Å². The summed E-state index contributed by atoms with van der Waals surface area (Å²) in [6.07, 6.45) is 1.13. The molecule has 0 spiro atoms. The van der Waals surface area contributed by atoms with Crippen molar-refractivity contribution in [2.24, 2.45) is 5.92 Å². The van der Waals surface area contributed by atoms with Crippen molar-refractivity contribution < 1.29 is 9.53 Å². The van der Waals surface area contributed by atoms with E-state index in [0.29, 0.717) is 18.0 Å². The van der Waals surface area contributed by atoms with Crippen molar-refractivity contribution in [3.63, 3.8) is 0 Å². The first-order valence-electron chi connectivity index (χ1n) is 6.91. The summed E-state index contributed by atoms with van der Waals surface area (Å²) in [5.41, 5.74) is 2.91. The normalized spacial score (nSPS) is 18.3. The Morgan fingerprint density at radius 2 is 2.32 bits per heavy atom. The zero-order valence-electron chi connectivity index (χ0n) is 11.7. The average Bonchev–Trinajstić information content (AvgIpc) is 2.90. The summed E-state index contributed by atoms with van der Waals surface area (Å²) in [5, 5.41) is 6.25. The van der Waals surface area contributed by atoms with Crippen LogP contribution in [-0.4, -0.2) is 32.2 Å². The summed E-state index contributed by atoms with van der Waals surface area (Å²) in [6.45, 7) is 7.26. The molecule has 104 valence electrons. The molecular weight excluding hydrogens is 240 g/mol. The third kappa shape index (κ3) is 3.70. The van der Waals surface area contributed by atoms with Gasteiger partial charge in [0.05, 0.1) is 6.61 Å². The van der Waals surface area contributed by atoms with Gasteiger partial charge in [0.15, 0.2) is 0 Å². The fourth-order valence-corrected chi connectivity index (χ4v) is 2.26. The first kappa shape index (κ1) is 13.9. The molecule has 0 bridgehead atoms. The van der Waals surface area contributed by atoms with E-state index >= 15 is 0 Å². The zero-order chi connectivity index (χ0) is 13.7. The number of amides is 1. The Balaban J connectivity index is 1.96. The van der Waals surface area contributed by atoms with Gasteiger partial charge in [-0.2, -0.15) is 0 Å². The maximum Gasteiger partial charge on any atom is 0.251 e. The number of hydrogen-bond donors (Lipinski definition) is 2.